The lowest BCUT2D eigenvalue weighted by Crippen LogP contribution is -2.16. The van der Waals surface area contributed by atoms with E-state index in [0.717, 1.165) is 45.5 Å². The van der Waals surface area contributed by atoms with Crippen molar-refractivity contribution in [1.29, 1.82) is 0 Å². The Kier molecular flexibility index (Phi) is 8.15. The SMILES string of the molecule is CC1(C)c2cc(N(c3ccccc3)c3ccc(-c4ccc(N(c5ccccc5)c5ccc(-c6ccccc6)cc5)cc4)cc3)ccc2-c2c1oc1ccccc21. The Balaban J connectivity index is 0.969. The molecule has 8 aromatic carbocycles. The third-order valence-electron chi connectivity index (χ3n) is 11.2. The van der Waals surface area contributed by atoms with Crippen molar-refractivity contribution in [3.05, 3.63) is 218 Å². The van der Waals surface area contributed by atoms with Gasteiger partial charge in [0.05, 0.1) is 0 Å². The van der Waals surface area contributed by atoms with E-state index in [1.807, 2.05) is 6.07 Å². The van der Waals surface area contributed by atoms with E-state index < -0.39 is 0 Å². The standard InChI is InChI=1S/C53H40N2O/c1-53(2)49-36-46(34-35-47(49)51-48-20-12-13-21-50(48)56-52(51)53)55(42-18-10-5-11-19-42)45-32-26-40(27-33-45)39-24-30-44(31-25-39)54(41-16-8-4-9-17-41)43-28-22-38(23-29-43)37-14-6-3-7-15-37/h3-36H,1-2H3. The lowest BCUT2D eigenvalue weighted by atomic mass is 9.85. The van der Waals surface area contributed by atoms with Crippen molar-refractivity contribution in [2.75, 3.05) is 9.80 Å². The minimum absolute atomic E-state index is 0.264. The maximum Gasteiger partial charge on any atom is 0.134 e. The first-order chi connectivity index (χ1) is 27.5. The molecule has 0 spiro atoms. The minimum Gasteiger partial charge on any atom is -0.459 e. The van der Waals surface area contributed by atoms with E-state index in [-0.39, 0.29) is 5.41 Å². The molecule has 0 atom stereocenters. The van der Waals surface area contributed by atoms with Crippen molar-refractivity contribution in [1.82, 2.24) is 0 Å². The molecule has 3 heteroatoms. The van der Waals surface area contributed by atoms with Gasteiger partial charge in [-0.3, -0.25) is 0 Å². The van der Waals surface area contributed by atoms with Crippen LogP contribution in [0.1, 0.15) is 25.2 Å². The summed E-state index contributed by atoms with van der Waals surface area (Å²) in [6, 6.07) is 73.6. The van der Waals surface area contributed by atoms with Crippen LogP contribution in [0, 0.1) is 0 Å². The van der Waals surface area contributed by atoms with Crippen molar-refractivity contribution in [3.8, 4) is 33.4 Å². The van der Waals surface area contributed by atoms with Gasteiger partial charge in [-0.25, -0.2) is 0 Å². The Morgan fingerprint density at radius 1 is 0.375 bits per heavy atom. The first kappa shape index (κ1) is 33.5. The summed E-state index contributed by atoms with van der Waals surface area (Å²) in [6.45, 7) is 4.55. The van der Waals surface area contributed by atoms with Crippen LogP contribution >= 0.6 is 0 Å². The number of fused-ring (bicyclic) bond motifs is 5. The van der Waals surface area contributed by atoms with Crippen molar-refractivity contribution >= 4 is 45.1 Å². The van der Waals surface area contributed by atoms with Crippen LogP contribution in [0.3, 0.4) is 0 Å². The number of para-hydroxylation sites is 3. The van der Waals surface area contributed by atoms with Gasteiger partial charge in [0.15, 0.2) is 0 Å². The Bertz CT molecular complexity index is 2790. The molecular formula is C53H40N2O. The number of benzene rings is 8. The molecule has 0 N–H and O–H groups in total. The average molecular weight is 721 g/mol. The monoisotopic (exact) mass is 720 g/mol. The smallest absolute Gasteiger partial charge is 0.134 e. The summed E-state index contributed by atoms with van der Waals surface area (Å²) in [5, 5.41) is 1.18. The lowest BCUT2D eigenvalue weighted by molar-refractivity contribution is 0.465. The summed E-state index contributed by atoms with van der Waals surface area (Å²) >= 11 is 0. The van der Waals surface area contributed by atoms with Crippen LogP contribution in [-0.4, -0.2) is 0 Å². The summed E-state index contributed by atoms with van der Waals surface area (Å²) in [5.41, 5.74) is 15.8. The summed E-state index contributed by atoms with van der Waals surface area (Å²) in [5.74, 6) is 1.04. The highest BCUT2D eigenvalue weighted by atomic mass is 16.3. The van der Waals surface area contributed by atoms with Crippen LogP contribution in [0.15, 0.2) is 211 Å². The molecule has 1 aliphatic carbocycles. The van der Waals surface area contributed by atoms with Crippen molar-refractivity contribution in [3.63, 3.8) is 0 Å². The molecule has 56 heavy (non-hydrogen) atoms. The van der Waals surface area contributed by atoms with Crippen LogP contribution in [0.4, 0.5) is 34.1 Å². The number of nitrogens with zero attached hydrogens (tertiary/aromatic N) is 2. The van der Waals surface area contributed by atoms with Crippen LogP contribution < -0.4 is 9.80 Å². The van der Waals surface area contributed by atoms with Gasteiger partial charge in [0, 0.05) is 50.5 Å². The number of anilines is 6. The van der Waals surface area contributed by atoms with Crippen molar-refractivity contribution in [2.45, 2.75) is 19.3 Å². The average Bonchev–Trinajstić information content (AvgIpc) is 3.76. The second-order valence-electron chi connectivity index (χ2n) is 15.0. The molecule has 0 amide bonds. The van der Waals surface area contributed by atoms with Gasteiger partial charge in [-0.15, -0.1) is 0 Å². The van der Waals surface area contributed by atoms with Gasteiger partial charge < -0.3 is 14.2 Å². The second-order valence-corrected chi connectivity index (χ2v) is 15.0. The van der Waals surface area contributed by atoms with Crippen LogP contribution in [0.5, 0.6) is 0 Å². The quantitative estimate of drug-likeness (QED) is 0.156. The van der Waals surface area contributed by atoms with Gasteiger partial charge in [-0.2, -0.15) is 0 Å². The van der Waals surface area contributed by atoms with E-state index >= 15 is 0 Å². The minimum atomic E-state index is -0.264. The molecule has 3 nitrogen and oxygen atoms in total. The highest BCUT2D eigenvalue weighted by Crippen LogP contribution is 2.54. The fourth-order valence-electron chi connectivity index (χ4n) is 8.37. The van der Waals surface area contributed by atoms with Crippen molar-refractivity contribution in [2.24, 2.45) is 0 Å². The zero-order valence-electron chi connectivity index (χ0n) is 31.4. The molecule has 1 aromatic heterocycles. The molecule has 0 bridgehead atoms. The fourth-order valence-corrected chi connectivity index (χ4v) is 8.37. The number of rotatable bonds is 8. The van der Waals surface area contributed by atoms with Crippen LogP contribution in [-0.2, 0) is 5.41 Å². The molecule has 0 saturated heterocycles. The first-order valence-corrected chi connectivity index (χ1v) is 19.3. The molecule has 268 valence electrons. The predicted octanol–water partition coefficient (Wildman–Crippen LogP) is 15.0. The summed E-state index contributed by atoms with van der Waals surface area (Å²) in [7, 11) is 0. The normalized spacial score (nSPS) is 12.6. The van der Waals surface area contributed by atoms with Crippen molar-refractivity contribution < 1.29 is 4.42 Å². The Morgan fingerprint density at radius 2 is 0.768 bits per heavy atom. The molecule has 10 rings (SSSR count). The van der Waals surface area contributed by atoms with Gasteiger partial charge in [0.1, 0.15) is 11.3 Å². The molecule has 0 radical (unpaired) electrons. The van der Waals surface area contributed by atoms with Crippen LogP contribution in [0.25, 0.3) is 44.3 Å². The number of hydrogen-bond acceptors (Lipinski definition) is 3. The Morgan fingerprint density at radius 3 is 1.29 bits per heavy atom. The molecule has 0 unspecified atom stereocenters. The molecule has 0 fully saturated rings. The molecule has 0 saturated carbocycles. The predicted molar refractivity (Wildman–Crippen MR) is 234 cm³/mol. The highest BCUT2D eigenvalue weighted by molar-refractivity contribution is 6.01. The molecule has 1 aliphatic rings. The van der Waals surface area contributed by atoms with E-state index in [1.165, 1.54) is 44.3 Å². The topological polar surface area (TPSA) is 19.6 Å². The molecule has 1 heterocycles. The third kappa shape index (κ3) is 5.77. The summed E-state index contributed by atoms with van der Waals surface area (Å²) in [4.78, 5) is 4.66. The van der Waals surface area contributed by atoms with Gasteiger partial charge in [0.25, 0.3) is 0 Å². The van der Waals surface area contributed by atoms with Gasteiger partial charge in [-0.1, -0.05) is 127 Å². The maximum atomic E-state index is 6.50. The van der Waals surface area contributed by atoms with E-state index in [1.54, 1.807) is 0 Å². The van der Waals surface area contributed by atoms with E-state index in [2.05, 4.69) is 224 Å². The van der Waals surface area contributed by atoms with Crippen LogP contribution in [0.2, 0.25) is 0 Å². The number of furan rings is 1. The van der Waals surface area contributed by atoms with E-state index in [4.69, 9.17) is 4.42 Å². The Labute approximate surface area is 328 Å². The third-order valence-corrected chi connectivity index (χ3v) is 11.2. The largest absolute Gasteiger partial charge is 0.459 e. The zero-order valence-corrected chi connectivity index (χ0v) is 31.4. The number of hydrogen-bond donors (Lipinski definition) is 0. The molecule has 9 aromatic rings. The molecular weight excluding hydrogens is 681 g/mol. The Hall–Kier alpha value is -7.10. The highest BCUT2D eigenvalue weighted by Gasteiger charge is 2.41. The fraction of sp³-hybridized carbons (Fsp3) is 0.0566. The van der Waals surface area contributed by atoms with E-state index in [0.29, 0.717) is 0 Å². The zero-order chi connectivity index (χ0) is 37.6. The summed E-state index contributed by atoms with van der Waals surface area (Å²) < 4.78 is 6.50. The van der Waals surface area contributed by atoms with Gasteiger partial charge >= 0.3 is 0 Å². The van der Waals surface area contributed by atoms with E-state index in [9.17, 15) is 0 Å². The lowest BCUT2D eigenvalue weighted by Gasteiger charge is -2.28. The van der Waals surface area contributed by atoms with Gasteiger partial charge in [0.2, 0.25) is 0 Å². The molecule has 0 aliphatic heterocycles. The second kappa shape index (κ2) is 13.6. The maximum absolute atomic E-state index is 6.50. The first-order valence-electron chi connectivity index (χ1n) is 19.3. The summed E-state index contributed by atoms with van der Waals surface area (Å²) in [6.07, 6.45) is 0. The van der Waals surface area contributed by atoms with Gasteiger partial charge in [-0.05, 0) is 126 Å².